The molecule has 0 aliphatic heterocycles. The largest absolute Gasteiger partial charge is 0.441 e. The Morgan fingerprint density at radius 3 is 2.56 bits per heavy atom. The lowest BCUT2D eigenvalue weighted by atomic mass is 9.92. The van der Waals surface area contributed by atoms with E-state index < -0.39 is 12.2 Å². The molecule has 0 radical (unpaired) electrons. The molecular weight excluding hydrogens is 230 g/mol. The molecule has 18 heavy (non-hydrogen) atoms. The molecule has 0 aromatic heterocycles. The normalized spacial score (nSPS) is 13.6. The van der Waals surface area contributed by atoms with Crippen molar-refractivity contribution in [1.82, 2.24) is 0 Å². The summed E-state index contributed by atoms with van der Waals surface area (Å²) in [6.07, 6.45) is 1.99. The van der Waals surface area contributed by atoms with Gasteiger partial charge < -0.3 is 15.3 Å². The average molecular weight is 249 g/mol. The van der Waals surface area contributed by atoms with E-state index in [1.807, 2.05) is 37.3 Å². The van der Waals surface area contributed by atoms with Gasteiger partial charge in [-0.25, -0.2) is 4.79 Å². The second-order valence-electron chi connectivity index (χ2n) is 4.21. The van der Waals surface area contributed by atoms with Crippen LogP contribution in [-0.4, -0.2) is 12.4 Å². The van der Waals surface area contributed by atoms with Crippen molar-refractivity contribution >= 4 is 12.4 Å². The van der Waals surface area contributed by atoms with E-state index in [2.05, 4.69) is 0 Å². The number of benzene rings is 1. The fraction of sp³-hybridized carbons (Fsp3) is 0.429. The van der Waals surface area contributed by atoms with Crippen molar-refractivity contribution in [1.29, 1.82) is 0 Å². The number of aldehydes is 1. The van der Waals surface area contributed by atoms with E-state index in [0.717, 1.165) is 24.7 Å². The molecular formula is C14H19NO3. The molecule has 0 aliphatic rings. The standard InChI is InChI=1S/C14H19NO3/c1-2-3-7-12(10-16)13(18-14(15)17)11-8-5-4-6-9-11/h4-6,8-10,12-13H,2-3,7H2,1H3,(H2,15,17). The predicted octanol–water partition coefficient (Wildman–Crippen LogP) is 2.83. The smallest absolute Gasteiger partial charge is 0.405 e. The summed E-state index contributed by atoms with van der Waals surface area (Å²) in [6.45, 7) is 2.05. The van der Waals surface area contributed by atoms with Gasteiger partial charge in [-0.2, -0.15) is 0 Å². The highest BCUT2D eigenvalue weighted by Crippen LogP contribution is 2.28. The molecule has 1 aromatic rings. The van der Waals surface area contributed by atoms with Gasteiger partial charge in [0.25, 0.3) is 0 Å². The Morgan fingerprint density at radius 2 is 2.06 bits per heavy atom. The number of unbranched alkanes of at least 4 members (excludes halogenated alkanes) is 1. The first-order valence-electron chi connectivity index (χ1n) is 6.15. The molecule has 0 spiro atoms. The minimum atomic E-state index is -0.854. The first-order valence-corrected chi connectivity index (χ1v) is 6.15. The zero-order valence-electron chi connectivity index (χ0n) is 10.5. The van der Waals surface area contributed by atoms with Crippen LogP contribution < -0.4 is 5.73 Å². The third-order valence-corrected chi connectivity index (χ3v) is 2.83. The van der Waals surface area contributed by atoms with E-state index in [0.29, 0.717) is 6.42 Å². The summed E-state index contributed by atoms with van der Waals surface area (Å²) < 4.78 is 5.09. The highest BCUT2D eigenvalue weighted by Gasteiger charge is 2.25. The molecule has 2 atom stereocenters. The molecule has 1 amide bonds. The molecule has 0 aliphatic carbocycles. The number of rotatable bonds is 7. The molecule has 0 fully saturated rings. The average Bonchev–Trinajstić information content (AvgIpc) is 2.39. The fourth-order valence-electron chi connectivity index (χ4n) is 1.90. The summed E-state index contributed by atoms with van der Waals surface area (Å²) in [5.74, 6) is -0.347. The van der Waals surface area contributed by atoms with Gasteiger partial charge in [0.05, 0.1) is 5.92 Å². The van der Waals surface area contributed by atoms with Crippen LogP contribution in [0.15, 0.2) is 30.3 Å². The third kappa shape index (κ3) is 4.20. The number of primary amides is 1. The lowest BCUT2D eigenvalue weighted by molar-refractivity contribution is -0.114. The van der Waals surface area contributed by atoms with Crippen molar-refractivity contribution in [3.05, 3.63) is 35.9 Å². The van der Waals surface area contributed by atoms with Crippen LogP contribution in [0.4, 0.5) is 4.79 Å². The molecule has 2 N–H and O–H groups in total. The number of amides is 1. The Morgan fingerprint density at radius 1 is 1.39 bits per heavy atom. The maximum atomic E-state index is 11.2. The van der Waals surface area contributed by atoms with Crippen LogP contribution in [0.25, 0.3) is 0 Å². The SMILES string of the molecule is CCCCC(C=O)C(OC(N)=O)c1ccccc1. The van der Waals surface area contributed by atoms with Crippen LogP contribution in [0.1, 0.15) is 37.9 Å². The zero-order valence-corrected chi connectivity index (χ0v) is 10.5. The van der Waals surface area contributed by atoms with Crippen molar-refractivity contribution in [2.45, 2.75) is 32.3 Å². The molecule has 2 unspecified atom stereocenters. The minimum Gasteiger partial charge on any atom is -0.441 e. The first kappa shape index (κ1) is 14.2. The van der Waals surface area contributed by atoms with Crippen molar-refractivity contribution in [3.8, 4) is 0 Å². The number of carbonyl (C=O) groups is 2. The third-order valence-electron chi connectivity index (χ3n) is 2.83. The van der Waals surface area contributed by atoms with E-state index >= 15 is 0 Å². The summed E-state index contributed by atoms with van der Waals surface area (Å²) in [5, 5.41) is 0. The van der Waals surface area contributed by atoms with E-state index in [9.17, 15) is 9.59 Å². The van der Waals surface area contributed by atoms with Gasteiger partial charge in [0.15, 0.2) is 0 Å². The Hall–Kier alpha value is -1.84. The van der Waals surface area contributed by atoms with Crippen molar-refractivity contribution in [2.24, 2.45) is 11.7 Å². The van der Waals surface area contributed by atoms with E-state index in [1.165, 1.54) is 0 Å². The Labute approximate surface area is 107 Å². The molecule has 1 rings (SSSR count). The Balaban J connectivity index is 2.88. The van der Waals surface area contributed by atoms with Crippen LogP contribution in [0.2, 0.25) is 0 Å². The van der Waals surface area contributed by atoms with E-state index in [4.69, 9.17) is 10.5 Å². The second kappa shape index (κ2) is 7.48. The monoisotopic (exact) mass is 249 g/mol. The molecule has 98 valence electrons. The van der Waals surface area contributed by atoms with E-state index in [-0.39, 0.29) is 5.92 Å². The summed E-state index contributed by atoms with van der Waals surface area (Å²) >= 11 is 0. The number of hydrogen-bond donors (Lipinski definition) is 1. The van der Waals surface area contributed by atoms with Gasteiger partial charge in [0, 0.05) is 0 Å². The molecule has 4 nitrogen and oxygen atoms in total. The molecule has 0 heterocycles. The summed E-state index contributed by atoms with van der Waals surface area (Å²) in [6, 6.07) is 9.21. The molecule has 0 bridgehead atoms. The van der Waals surface area contributed by atoms with Crippen LogP contribution in [0.5, 0.6) is 0 Å². The van der Waals surface area contributed by atoms with Gasteiger partial charge in [-0.05, 0) is 12.0 Å². The van der Waals surface area contributed by atoms with Gasteiger partial charge in [-0.3, -0.25) is 0 Å². The van der Waals surface area contributed by atoms with Gasteiger partial charge in [0.1, 0.15) is 12.4 Å². The van der Waals surface area contributed by atoms with Gasteiger partial charge in [-0.1, -0.05) is 50.1 Å². The fourth-order valence-corrected chi connectivity index (χ4v) is 1.90. The first-order chi connectivity index (χ1) is 8.69. The van der Waals surface area contributed by atoms with Crippen LogP contribution in [-0.2, 0) is 9.53 Å². The Bertz CT molecular complexity index is 378. The quantitative estimate of drug-likeness (QED) is 0.755. The van der Waals surface area contributed by atoms with E-state index in [1.54, 1.807) is 0 Å². The van der Waals surface area contributed by atoms with Gasteiger partial charge in [0.2, 0.25) is 0 Å². The van der Waals surface area contributed by atoms with Gasteiger partial charge in [-0.15, -0.1) is 0 Å². The van der Waals surface area contributed by atoms with Crippen LogP contribution >= 0.6 is 0 Å². The number of nitrogens with two attached hydrogens (primary N) is 1. The predicted molar refractivity (Wildman–Crippen MR) is 68.9 cm³/mol. The van der Waals surface area contributed by atoms with Crippen molar-refractivity contribution < 1.29 is 14.3 Å². The zero-order chi connectivity index (χ0) is 13.4. The number of hydrogen-bond acceptors (Lipinski definition) is 3. The maximum absolute atomic E-state index is 11.2. The molecule has 1 aromatic carbocycles. The summed E-state index contributed by atoms with van der Waals surface area (Å²) in [7, 11) is 0. The molecule has 0 saturated carbocycles. The second-order valence-corrected chi connectivity index (χ2v) is 4.21. The topological polar surface area (TPSA) is 69.4 Å². The molecule has 0 saturated heterocycles. The van der Waals surface area contributed by atoms with Crippen LogP contribution in [0, 0.1) is 5.92 Å². The van der Waals surface area contributed by atoms with Gasteiger partial charge >= 0.3 is 6.09 Å². The minimum absolute atomic E-state index is 0.347. The van der Waals surface area contributed by atoms with Crippen LogP contribution in [0.3, 0.4) is 0 Å². The lowest BCUT2D eigenvalue weighted by Gasteiger charge is -2.22. The van der Waals surface area contributed by atoms with Crippen molar-refractivity contribution in [2.75, 3.05) is 0 Å². The Kier molecular flexibility index (Phi) is 5.91. The lowest BCUT2D eigenvalue weighted by Crippen LogP contribution is -2.24. The number of carbonyl (C=O) groups excluding carboxylic acids is 2. The summed E-state index contributed by atoms with van der Waals surface area (Å²) in [5.41, 5.74) is 5.87. The highest BCUT2D eigenvalue weighted by atomic mass is 16.6. The molecule has 4 heteroatoms. The highest BCUT2D eigenvalue weighted by molar-refractivity contribution is 5.66. The summed E-state index contributed by atoms with van der Waals surface area (Å²) in [4.78, 5) is 22.1. The maximum Gasteiger partial charge on any atom is 0.405 e. The van der Waals surface area contributed by atoms with Crippen molar-refractivity contribution in [3.63, 3.8) is 0 Å². The number of ether oxygens (including phenoxy) is 1.